The largest absolute Gasteiger partial charge is 0.399 e. The molecule has 96 valence electrons. The molecule has 0 heterocycles. The second-order valence-electron chi connectivity index (χ2n) is 3.44. The summed E-state index contributed by atoms with van der Waals surface area (Å²) in [4.78, 5) is -0.203. The van der Waals surface area contributed by atoms with Crippen molar-refractivity contribution in [2.75, 3.05) is 25.4 Å². The molecule has 0 bridgehead atoms. The van der Waals surface area contributed by atoms with Crippen LogP contribution in [0, 0.1) is 5.82 Å². The fraction of sp³-hybridized carbons (Fsp3) is 0.400. The number of anilines is 1. The van der Waals surface area contributed by atoms with Gasteiger partial charge in [0.25, 0.3) is 0 Å². The normalized spacial score (nSPS) is 12.0. The Morgan fingerprint density at radius 1 is 1.41 bits per heavy atom. The zero-order valence-corrected chi connectivity index (χ0v) is 10.2. The number of benzene rings is 1. The number of hydrogen-bond donors (Lipinski definition) is 2. The number of rotatable bonds is 5. The van der Waals surface area contributed by atoms with Crippen LogP contribution >= 0.6 is 0 Å². The van der Waals surface area contributed by atoms with Crippen molar-refractivity contribution < 1.29 is 17.9 Å². The van der Waals surface area contributed by atoms with Gasteiger partial charge in [0.1, 0.15) is 5.82 Å². The Labute approximate surface area is 99.7 Å². The van der Waals surface area contributed by atoms with Crippen LogP contribution in [0.15, 0.2) is 23.1 Å². The van der Waals surface area contributed by atoms with Gasteiger partial charge in [0.15, 0.2) is 0 Å². The van der Waals surface area contributed by atoms with E-state index in [2.05, 4.69) is 0 Å². The van der Waals surface area contributed by atoms with Gasteiger partial charge in [-0.2, -0.15) is 4.31 Å². The molecule has 1 aromatic rings. The molecule has 7 heteroatoms. The van der Waals surface area contributed by atoms with Crippen molar-refractivity contribution in [1.29, 1.82) is 0 Å². The molecule has 0 unspecified atom stereocenters. The zero-order valence-electron chi connectivity index (χ0n) is 9.43. The maximum absolute atomic E-state index is 13.1. The molecule has 1 aromatic carbocycles. The molecule has 0 saturated carbocycles. The number of aliphatic hydroxyl groups is 1. The van der Waals surface area contributed by atoms with Crippen molar-refractivity contribution in [3.63, 3.8) is 0 Å². The van der Waals surface area contributed by atoms with Crippen LogP contribution in [0.25, 0.3) is 0 Å². The molecule has 0 fully saturated rings. The van der Waals surface area contributed by atoms with Crippen LogP contribution in [-0.4, -0.2) is 37.5 Å². The van der Waals surface area contributed by atoms with E-state index < -0.39 is 15.8 Å². The van der Waals surface area contributed by atoms with Gasteiger partial charge in [-0.05, 0) is 18.2 Å². The summed E-state index contributed by atoms with van der Waals surface area (Å²) in [5.74, 6) is -0.705. The second kappa shape index (κ2) is 5.44. The Balaban J connectivity index is 3.20. The molecule has 0 aliphatic carbocycles. The third-order valence-corrected chi connectivity index (χ3v) is 4.19. The second-order valence-corrected chi connectivity index (χ2v) is 5.38. The number of halogens is 1. The smallest absolute Gasteiger partial charge is 0.243 e. The van der Waals surface area contributed by atoms with Crippen molar-refractivity contribution in [3.05, 3.63) is 24.0 Å². The predicted octanol–water partition coefficient (Wildman–Crippen LogP) is 0.411. The van der Waals surface area contributed by atoms with Crippen LogP contribution < -0.4 is 5.73 Å². The number of hydrogen-bond acceptors (Lipinski definition) is 4. The van der Waals surface area contributed by atoms with Crippen molar-refractivity contribution in [1.82, 2.24) is 4.31 Å². The summed E-state index contributed by atoms with van der Waals surface area (Å²) < 4.78 is 38.3. The minimum atomic E-state index is -3.80. The van der Waals surface area contributed by atoms with Crippen molar-refractivity contribution >= 4 is 15.7 Å². The van der Waals surface area contributed by atoms with Gasteiger partial charge in [0.05, 0.1) is 11.5 Å². The molecular weight excluding hydrogens is 247 g/mol. The summed E-state index contributed by atoms with van der Waals surface area (Å²) >= 11 is 0. The summed E-state index contributed by atoms with van der Waals surface area (Å²) in [5, 5.41) is 8.78. The van der Waals surface area contributed by atoms with Crippen LogP contribution in [0.1, 0.15) is 6.92 Å². The third kappa shape index (κ3) is 3.15. The number of sulfonamides is 1. The van der Waals surface area contributed by atoms with E-state index in [9.17, 15) is 12.8 Å². The lowest BCUT2D eigenvalue weighted by atomic mass is 10.3. The molecule has 0 radical (unpaired) electrons. The van der Waals surface area contributed by atoms with Gasteiger partial charge >= 0.3 is 0 Å². The Morgan fingerprint density at radius 2 is 2.06 bits per heavy atom. The molecule has 0 spiro atoms. The molecule has 0 aromatic heterocycles. The lowest BCUT2D eigenvalue weighted by Crippen LogP contribution is -2.33. The Morgan fingerprint density at radius 3 is 2.53 bits per heavy atom. The number of likely N-dealkylation sites (N-methyl/N-ethyl adjacent to an activating group) is 1. The fourth-order valence-corrected chi connectivity index (χ4v) is 2.95. The van der Waals surface area contributed by atoms with Crippen molar-refractivity contribution in [2.24, 2.45) is 0 Å². The fourth-order valence-electron chi connectivity index (χ4n) is 1.44. The Bertz CT molecular complexity index is 470. The van der Waals surface area contributed by atoms with Crippen LogP contribution in [0.5, 0.6) is 0 Å². The topological polar surface area (TPSA) is 83.6 Å². The number of nitrogens with two attached hydrogens (primary N) is 1. The van der Waals surface area contributed by atoms with Gasteiger partial charge in [-0.1, -0.05) is 6.92 Å². The first-order chi connectivity index (χ1) is 7.91. The first-order valence-corrected chi connectivity index (χ1v) is 6.53. The molecule has 0 amide bonds. The highest BCUT2D eigenvalue weighted by Gasteiger charge is 2.23. The molecule has 17 heavy (non-hydrogen) atoms. The first-order valence-electron chi connectivity index (χ1n) is 5.09. The number of aliphatic hydroxyl groups excluding tert-OH is 1. The lowest BCUT2D eigenvalue weighted by Gasteiger charge is -2.19. The minimum Gasteiger partial charge on any atom is -0.399 e. The minimum absolute atomic E-state index is 0.0325. The van der Waals surface area contributed by atoms with E-state index >= 15 is 0 Å². The van der Waals surface area contributed by atoms with Gasteiger partial charge in [-0.15, -0.1) is 0 Å². The monoisotopic (exact) mass is 262 g/mol. The average molecular weight is 262 g/mol. The van der Waals surface area contributed by atoms with Crippen molar-refractivity contribution in [3.8, 4) is 0 Å². The van der Waals surface area contributed by atoms with Gasteiger partial charge in [0.2, 0.25) is 10.0 Å². The van der Waals surface area contributed by atoms with E-state index in [0.29, 0.717) is 0 Å². The highest BCUT2D eigenvalue weighted by atomic mass is 32.2. The summed E-state index contributed by atoms with van der Waals surface area (Å²) in [6.07, 6.45) is 0. The first kappa shape index (κ1) is 13.9. The van der Waals surface area contributed by atoms with Gasteiger partial charge < -0.3 is 10.8 Å². The Hall–Kier alpha value is -1.18. The maximum atomic E-state index is 13.1. The van der Waals surface area contributed by atoms with Crippen LogP contribution in [0.2, 0.25) is 0 Å². The zero-order chi connectivity index (χ0) is 13.1. The van der Waals surface area contributed by atoms with Gasteiger partial charge in [-0.25, -0.2) is 12.8 Å². The van der Waals surface area contributed by atoms with E-state index in [4.69, 9.17) is 10.8 Å². The summed E-state index contributed by atoms with van der Waals surface area (Å²) in [5.41, 5.74) is 5.44. The molecule has 0 saturated heterocycles. The Kier molecular flexibility index (Phi) is 4.44. The number of nitrogens with zero attached hydrogens (tertiary/aromatic N) is 1. The molecular formula is C10H15FN2O3S. The summed E-state index contributed by atoms with van der Waals surface area (Å²) in [6, 6.07) is 3.14. The number of nitrogen functional groups attached to an aromatic ring is 1. The van der Waals surface area contributed by atoms with Gasteiger partial charge in [-0.3, -0.25) is 0 Å². The van der Waals surface area contributed by atoms with E-state index in [-0.39, 0.29) is 30.3 Å². The van der Waals surface area contributed by atoms with Crippen LogP contribution in [0.4, 0.5) is 10.1 Å². The molecule has 3 N–H and O–H groups in total. The highest BCUT2D eigenvalue weighted by Crippen LogP contribution is 2.19. The van der Waals surface area contributed by atoms with Crippen molar-refractivity contribution in [2.45, 2.75) is 11.8 Å². The van der Waals surface area contributed by atoms with Crippen LogP contribution in [-0.2, 0) is 10.0 Å². The van der Waals surface area contributed by atoms with Crippen LogP contribution in [0.3, 0.4) is 0 Å². The van der Waals surface area contributed by atoms with E-state index in [0.717, 1.165) is 16.4 Å². The van der Waals surface area contributed by atoms with E-state index in [1.54, 1.807) is 6.92 Å². The molecule has 1 rings (SSSR count). The van der Waals surface area contributed by atoms with E-state index in [1.807, 2.05) is 0 Å². The predicted molar refractivity (Wildman–Crippen MR) is 62.3 cm³/mol. The van der Waals surface area contributed by atoms with Gasteiger partial charge in [0, 0.05) is 18.8 Å². The standard InChI is InChI=1S/C10H15FN2O3S/c1-2-13(3-4-14)17(15,16)10-6-8(11)5-9(12)7-10/h5-7,14H,2-4,12H2,1H3. The highest BCUT2D eigenvalue weighted by molar-refractivity contribution is 7.89. The third-order valence-electron chi connectivity index (χ3n) is 2.23. The molecule has 0 aliphatic rings. The molecule has 0 atom stereocenters. The molecule has 0 aliphatic heterocycles. The molecule has 5 nitrogen and oxygen atoms in total. The van der Waals surface area contributed by atoms with E-state index in [1.165, 1.54) is 6.07 Å². The SMILES string of the molecule is CCN(CCO)S(=O)(=O)c1cc(N)cc(F)c1. The quantitative estimate of drug-likeness (QED) is 0.753. The maximum Gasteiger partial charge on any atom is 0.243 e. The summed E-state index contributed by atoms with van der Waals surface area (Å²) in [6.45, 7) is 1.50. The summed E-state index contributed by atoms with van der Waals surface area (Å²) in [7, 11) is -3.80. The lowest BCUT2D eigenvalue weighted by molar-refractivity contribution is 0.257. The average Bonchev–Trinajstić information content (AvgIpc) is 2.24.